The summed E-state index contributed by atoms with van der Waals surface area (Å²) in [5.41, 5.74) is 9.46. The van der Waals surface area contributed by atoms with E-state index in [1.165, 1.54) is 0 Å². The summed E-state index contributed by atoms with van der Waals surface area (Å²) in [6.07, 6.45) is 0. The number of benzene rings is 2. The first-order valence-corrected chi connectivity index (χ1v) is 6.69. The molecular weight excluding hydrogens is 314 g/mol. The zero-order chi connectivity index (χ0) is 15.1. The highest BCUT2D eigenvalue weighted by Crippen LogP contribution is 2.14. The Hall–Kier alpha value is -2.30. The van der Waals surface area contributed by atoms with Crippen molar-refractivity contribution in [2.45, 2.75) is 13.8 Å². The molecule has 0 aliphatic heterocycles. The van der Waals surface area contributed by atoms with Gasteiger partial charge in [0.2, 0.25) is 0 Å². The van der Waals surface area contributed by atoms with Crippen molar-refractivity contribution >= 4 is 21.6 Å². The molecule has 0 heterocycles. The largest absolute Gasteiger partial charge is 0.399 e. The third-order valence-corrected chi connectivity index (χ3v) is 3.20. The molecular formula is C16H14BrN3. The first kappa shape index (κ1) is 15.8. The Labute approximate surface area is 127 Å². The van der Waals surface area contributed by atoms with E-state index in [0.29, 0.717) is 11.3 Å². The van der Waals surface area contributed by atoms with Gasteiger partial charge in [-0.25, -0.2) is 0 Å². The standard InChI is InChI=1S/C8H6BrN.C8H8N2/c1-6-2-3-8(9)4-7(6)5-10;1-6-2-3-8(10)4-7(6)5-9/h2-4H,1H3;2-4H,10H2,1H3. The van der Waals surface area contributed by atoms with E-state index in [1.54, 1.807) is 12.1 Å². The van der Waals surface area contributed by atoms with Gasteiger partial charge < -0.3 is 5.73 Å². The number of rotatable bonds is 0. The lowest BCUT2D eigenvalue weighted by molar-refractivity contribution is 1.38. The number of nitriles is 2. The molecule has 0 atom stereocenters. The Balaban J connectivity index is 0.000000200. The number of aryl methyl sites for hydroxylation is 2. The van der Waals surface area contributed by atoms with Crippen LogP contribution in [-0.2, 0) is 0 Å². The number of nitrogens with zero attached hydrogens (tertiary/aromatic N) is 2. The molecule has 20 heavy (non-hydrogen) atoms. The average Bonchev–Trinajstić information content (AvgIpc) is 2.44. The normalized spacial score (nSPS) is 8.85. The Morgan fingerprint density at radius 1 is 0.900 bits per heavy atom. The molecule has 0 spiro atoms. The van der Waals surface area contributed by atoms with Gasteiger partial charge in [-0.2, -0.15) is 10.5 Å². The fourth-order valence-corrected chi connectivity index (χ4v) is 1.84. The van der Waals surface area contributed by atoms with Gasteiger partial charge in [0.05, 0.1) is 23.3 Å². The van der Waals surface area contributed by atoms with Gasteiger partial charge in [0.15, 0.2) is 0 Å². The van der Waals surface area contributed by atoms with Gasteiger partial charge >= 0.3 is 0 Å². The van der Waals surface area contributed by atoms with Crippen molar-refractivity contribution in [1.29, 1.82) is 10.5 Å². The van der Waals surface area contributed by atoms with E-state index in [-0.39, 0.29) is 0 Å². The minimum absolute atomic E-state index is 0.641. The SMILES string of the molecule is Cc1ccc(Br)cc1C#N.Cc1ccc(N)cc1C#N. The molecule has 100 valence electrons. The highest BCUT2D eigenvalue weighted by molar-refractivity contribution is 9.10. The van der Waals surface area contributed by atoms with Gasteiger partial charge in [-0.05, 0) is 49.2 Å². The van der Waals surface area contributed by atoms with Crippen LogP contribution in [0.15, 0.2) is 40.9 Å². The van der Waals surface area contributed by atoms with E-state index in [0.717, 1.165) is 21.2 Å². The summed E-state index contributed by atoms with van der Waals surface area (Å²) in [6, 6.07) is 15.1. The molecule has 4 heteroatoms. The van der Waals surface area contributed by atoms with Gasteiger partial charge in [0.1, 0.15) is 0 Å². The Kier molecular flexibility index (Phi) is 5.77. The van der Waals surface area contributed by atoms with Crippen molar-refractivity contribution in [1.82, 2.24) is 0 Å². The number of anilines is 1. The number of hydrogen-bond donors (Lipinski definition) is 1. The Morgan fingerprint density at radius 3 is 1.85 bits per heavy atom. The van der Waals surface area contributed by atoms with Crippen molar-refractivity contribution in [3.63, 3.8) is 0 Å². The van der Waals surface area contributed by atoms with Crippen LogP contribution in [0.4, 0.5) is 5.69 Å². The van der Waals surface area contributed by atoms with Crippen LogP contribution in [0.5, 0.6) is 0 Å². The topological polar surface area (TPSA) is 73.6 Å². The fraction of sp³-hybridized carbons (Fsp3) is 0.125. The molecule has 0 fully saturated rings. The molecule has 3 nitrogen and oxygen atoms in total. The van der Waals surface area contributed by atoms with Crippen molar-refractivity contribution in [2.24, 2.45) is 0 Å². The summed E-state index contributed by atoms with van der Waals surface area (Å²) >= 11 is 3.29. The highest BCUT2D eigenvalue weighted by atomic mass is 79.9. The van der Waals surface area contributed by atoms with Crippen LogP contribution in [0, 0.1) is 36.5 Å². The van der Waals surface area contributed by atoms with Crippen molar-refractivity contribution < 1.29 is 0 Å². The molecule has 0 aromatic heterocycles. The van der Waals surface area contributed by atoms with Crippen molar-refractivity contribution in [2.75, 3.05) is 5.73 Å². The second-order valence-corrected chi connectivity index (χ2v) is 5.17. The molecule has 0 radical (unpaired) electrons. The van der Waals surface area contributed by atoms with Crippen molar-refractivity contribution in [3.05, 3.63) is 63.1 Å². The monoisotopic (exact) mass is 327 g/mol. The van der Waals surface area contributed by atoms with Gasteiger partial charge in [-0.15, -0.1) is 0 Å². The maximum atomic E-state index is 8.57. The first-order valence-electron chi connectivity index (χ1n) is 5.90. The molecule has 0 unspecified atom stereocenters. The van der Waals surface area contributed by atoms with Crippen LogP contribution in [0.3, 0.4) is 0 Å². The lowest BCUT2D eigenvalue weighted by Gasteiger charge is -1.96. The summed E-state index contributed by atoms with van der Waals surface area (Å²) in [7, 11) is 0. The molecule has 0 aliphatic rings. The third kappa shape index (κ3) is 4.42. The summed E-state index contributed by atoms with van der Waals surface area (Å²) in [5.74, 6) is 0. The van der Waals surface area contributed by atoms with Crippen molar-refractivity contribution in [3.8, 4) is 12.1 Å². The Morgan fingerprint density at radius 2 is 1.40 bits per heavy atom. The van der Waals surface area contributed by atoms with E-state index in [1.807, 2.05) is 38.1 Å². The lowest BCUT2D eigenvalue weighted by atomic mass is 10.1. The highest BCUT2D eigenvalue weighted by Gasteiger charge is 1.95. The number of nitrogen functional groups attached to an aromatic ring is 1. The molecule has 2 aromatic carbocycles. The van der Waals surface area contributed by atoms with E-state index in [4.69, 9.17) is 16.3 Å². The molecule has 2 N–H and O–H groups in total. The second-order valence-electron chi connectivity index (χ2n) is 4.26. The van der Waals surface area contributed by atoms with Crippen LogP contribution in [-0.4, -0.2) is 0 Å². The molecule has 0 saturated heterocycles. The van der Waals surface area contributed by atoms with E-state index in [2.05, 4.69) is 28.1 Å². The summed E-state index contributed by atoms with van der Waals surface area (Å²) in [6.45, 7) is 3.81. The zero-order valence-electron chi connectivity index (χ0n) is 11.3. The first-order chi connectivity index (χ1) is 9.47. The average molecular weight is 328 g/mol. The molecule has 0 bridgehead atoms. The van der Waals surface area contributed by atoms with Gasteiger partial charge in [-0.1, -0.05) is 28.1 Å². The van der Waals surface area contributed by atoms with Gasteiger partial charge in [0.25, 0.3) is 0 Å². The smallest absolute Gasteiger partial charge is 0.0995 e. The van der Waals surface area contributed by atoms with Gasteiger partial charge in [0, 0.05) is 10.2 Å². The number of hydrogen-bond acceptors (Lipinski definition) is 3. The van der Waals surface area contributed by atoms with Crippen LogP contribution in [0.25, 0.3) is 0 Å². The molecule has 2 aromatic rings. The minimum atomic E-state index is 0.641. The number of nitrogens with two attached hydrogens (primary N) is 1. The maximum Gasteiger partial charge on any atom is 0.0995 e. The van der Waals surface area contributed by atoms with E-state index in [9.17, 15) is 0 Å². The molecule has 0 aliphatic carbocycles. The van der Waals surface area contributed by atoms with Crippen LogP contribution in [0.2, 0.25) is 0 Å². The Bertz CT molecular complexity index is 632. The van der Waals surface area contributed by atoms with Crippen LogP contribution < -0.4 is 5.73 Å². The second kappa shape index (κ2) is 7.33. The van der Waals surface area contributed by atoms with Crippen LogP contribution >= 0.6 is 15.9 Å². The van der Waals surface area contributed by atoms with E-state index >= 15 is 0 Å². The molecule has 0 saturated carbocycles. The fourth-order valence-electron chi connectivity index (χ4n) is 1.47. The summed E-state index contributed by atoms with van der Waals surface area (Å²) in [4.78, 5) is 0. The lowest BCUT2D eigenvalue weighted by Crippen LogP contribution is -1.87. The summed E-state index contributed by atoms with van der Waals surface area (Å²) in [5, 5.41) is 17.1. The van der Waals surface area contributed by atoms with E-state index < -0.39 is 0 Å². The predicted octanol–water partition coefficient (Wildman–Crippen LogP) is 4.08. The molecule has 2 rings (SSSR count). The molecule has 0 amide bonds. The predicted molar refractivity (Wildman–Crippen MR) is 83.9 cm³/mol. The quantitative estimate of drug-likeness (QED) is 0.741. The third-order valence-electron chi connectivity index (χ3n) is 2.70. The van der Waals surface area contributed by atoms with Crippen LogP contribution in [0.1, 0.15) is 22.3 Å². The number of halogens is 1. The minimum Gasteiger partial charge on any atom is -0.399 e. The maximum absolute atomic E-state index is 8.57. The zero-order valence-corrected chi connectivity index (χ0v) is 12.9. The summed E-state index contributed by atoms with van der Waals surface area (Å²) < 4.78 is 0.953. The van der Waals surface area contributed by atoms with Gasteiger partial charge in [-0.3, -0.25) is 0 Å².